The van der Waals surface area contributed by atoms with Crippen molar-refractivity contribution >= 4 is 58.6 Å². The van der Waals surface area contributed by atoms with E-state index in [0.717, 1.165) is 30.8 Å². The second-order valence-corrected chi connectivity index (χ2v) is 7.55. The Balaban J connectivity index is 2.13. The van der Waals surface area contributed by atoms with Gasteiger partial charge in [-0.25, -0.2) is 0 Å². The summed E-state index contributed by atoms with van der Waals surface area (Å²) in [4.78, 5) is -0.0469. The number of halogens is 3. The van der Waals surface area contributed by atoms with Crippen LogP contribution in [0.25, 0.3) is 10.8 Å². The minimum Gasteiger partial charge on any atom is -0.387 e. The van der Waals surface area contributed by atoms with Gasteiger partial charge in [-0.3, -0.25) is 0 Å². The van der Waals surface area contributed by atoms with Gasteiger partial charge in [0.1, 0.15) is 12.2 Å². The number of hydrogen-bond donors (Lipinski definition) is 1. The lowest BCUT2D eigenvalue weighted by Crippen LogP contribution is -2.24. The first-order valence-corrected chi connectivity index (χ1v) is 8.48. The minimum absolute atomic E-state index is 0.0469. The van der Waals surface area contributed by atoms with Gasteiger partial charge in [0.05, 0.1) is 10.9 Å². The molecule has 2 aliphatic rings. The summed E-state index contributed by atoms with van der Waals surface area (Å²) in [6.07, 6.45) is -0.404. The van der Waals surface area contributed by atoms with Crippen LogP contribution in [0, 0.1) is 0 Å². The number of alkyl halides is 1. The molecule has 0 spiro atoms. The highest BCUT2D eigenvalue weighted by atomic mass is 79.9. The van der Waals surface area contributed by atoms with E-state index < -0.39 is 6.10 Å². The van der Waals surface area contributed by atoms with Crippen LogP contribution in [0.1, 0.15) is 23.3 Å². The van der Waals surface area contributed by atoms with Crippen molar-refractivity contribution in [3.63, 3.8) is 0 Å². The Bertz CT molecular complexity index is 701. The van der Waals surface area contributed by atoms with E-state index in [-0.39, 0.29) is 17.0 Å². The van der Waals surface area contributed by atoms with E-state index in [1.165, 1.54) is 0 Å². The van der Waals surface area contributed by atoms with Gasteiger partial charge in [0.2, 0.25) is 0 Å². The second kappa shape index (κ2) is 4.28. The number of aliphatic hydroxyl groups excluding tert-OH is 1. The van der Waals surface area contributed by atoms with Gasteiger partial charge in [0.25, 0.3) is 0 Å². The number of aliphatic hydroxyl groups is 1. The normalized spacial score (nSPS) is 32.0. The summed E-state index contributed by atoms with van der Waals surface area (Å²) < 4.78 is 7.71. The molecule has 1 aliphatic carbocycles. The largest absolute Gasteiger partial charge is 0.387 e. The van der Waals surface area contributed by atoms with Crippen molar-refractivity contribution in [1.82, 2.24) is 0 Å². The standard InChI is InChI=1S/C14H9Br3O2/c15-9-5-3-1-2-4-6(5)10(16)8-7(9)12(18)11(17)14-13(8)19-14/h1-4,11-14,18H/t11-,12-,13+,14-/m1/s1. The first-order chi connectivity index (χ1) is 9.11. The fourth-order valence-corrected chi connectivity index (χ4v) is 5.14. The summed E-state index contributed by atoms with van der Waals surface area (Å²) in [5.41, 5.74) is 2.02. The molecule has 0 unspecified atom stereocenters. The lowest BCUT2D eigenvalue weighted by Gasteiger charge is -2.26. The van der Waals surface area contributed by atoms with Gasteiger partial charge >= 0.3 is 0 Å². The zero-order valence-electron chi connectivity index (χ0n) is 9.61. The van der Waals surface area contributed by atoms with E-state index in [2.05, 4.69) is 59.9 Å². The van der Waals surface area contributed by atoms with Gasteiger partial charge in [-0.2, -0.15) is 0 Å². The average molecular weight is 449 g/mol. The van der Waals surface area contributed by atoms with Gasteiger partial charge in [-0.15, -0.1) is 0 Å². The van der Waals surface area contributed by atoms with E-state index in [0.29, 0.717) is 0 Å². The summed E-state index contributed by atoms with van der Waals surface area (Å²) >= 11 is 10.9. The molecule has 2 nitrogen and oxygen atoms in total. The predicted octanol–water partition coefficient (Wildman–Crippen LogP) is 4.62. The van der Waals surface area contributed by atoms with Crippen molar-refractivity contribution in [2.24, 2.45) is 0 Å². The van der Waals surface area contributed by atoms with E-state index in [9.17, 15) is 5.11 Å². The van der Waals surface area contributed by atoms with Crippen LogP contribution in [0.3, 0.4) is 0 Å². The Labute approximate surface area is 135 Å². The smallest absolute Gasteiger partial charge is 0.112 e. The maximum absolute atomic E-state index is 10.5. The number of epoxide rings is 1. The van der Waals surface area contributed by atoms with Gasteiger partial charge in [-0.05, 0) is 42.6 Å². The third-order valence-corrected chi connectivity index (χ3v) is 6.61. The number of hydrogen-bond acceptors (Lipinski definition) is 2. The molecular formula is C14H9Br3O2. The molecule has 0 amide bonds. The molecule has 2 aromatic carbocycles. The fourth-order valence-electron chi connectivity index (χ4n) is 2.90. The summed E-state index contributed by atoms with van der Waals surface area (Å²) in [6.45, 7) is 0. The third kappa shape index (κ3) is 1.65. The molecular weight excluding hydrogens is 440 g/mol. The van der Waals surface area contributed by atoms with Gasteiger partial charge in [0, 0.05) is 20.1 Å². The van der Waals surface area contributed by atoms with Crippen molar-refractivity contribution in [2.75, 3.05) is 0 Å². The monoisotopic (exact) mass is 446 g/mol. The van der Waals surface area contributed by atoms with Crippen LogP contribution in [-0.2, 0) is 4.74 Å². The molecule has 1 aliphatic heterocycles. The van der Waals surface area contributed by atoms with Gasteiger partial charge in [0.15, 0.2) is 0 Å². The zero-order valence-corrected chi connectivity index (χ0v) is 14.4. The molecule has 1 fully saturated rings. The Kier molecular flexibility index (Phi) is 2.88. The molecule has 1 saturated heterocycles. The second-order valence-electron chi connectivity index (χ2n) is 4.91. The molecule has 0 saturated carbocycles. The molecule has 0 bridgehead atoms. The van der Waals surface area contributed by atoms with E-state index in [4.69, 9.17) is 4.74 Å². The van der Waals surface area contributed by atoms with E-state index in [1.807, 2.05) is 12.1 Å². The maximum atomic E-state index is 10.5. The topological polar surface area (TPSA) is 32.8 Å². The Hall–Kier alpha value is 0.0600. The molecule has 2 aromatic rings. The first-order valence-electron chi connectivity index (χ1n) is 5.98. The molecule has 1 N–H and O–H groups in total. The van der Waals surface area contributed by atoms with E-state index >= 15 is 0 Å². The molecule has 98 valence electrons. The number of rotatable bonds is 0. The minimum atomic E-state index is -0.561. The van der Waals surface area contributed by atoms with Crippen molar-refractivity contribution in [3.05, 3.63) is 44.3 Å². The SMILES string of the molecule is O[C@@H]1c2c(c(Br)c3ccccc3c2Br)[C@@H]2O[C@@H]2[C@@H]1Br. The van der Waals surface area contributed by atoms with E-state index in [1.54, 1.807) is 0 Å². The Morgan fingerprint density at radius 3 is 2.21 bits per heavy atom. The molecule has 19 heavy (non-hydrogen) atoms. The molecule has 0 aromatic heterocycles. The molecule has 5 heteroatoms. The first kappa shape index (κ1) is 12.8. The van der Waals surface area contributed by atoms with Crippen LogP contribution < -0.4 is 0 Å². The van der Waals surface area contributed by atoms with Crippen molar-refractivity contribution in [2.45, 2.75) is 23.1 Å². The zero-order chi connectivity index (χ0) is 13.3. The van der Waals surface area contributed by atoms with Crippen LogP contribution in [0.5, 0.6) is 0 Å². The number of fused-ring (bicyclic) bond motifs is 4. The number of ether oxygens (including phenoxy) is 1. The van der Waals surface area contributed by atoms with Crippen LogP contribution in [0.2, 0.25) is 0 Å². The molecule has 4 rings (SSSR count). The molecule has 0 radical (unpaired) electrons. The van der Waals surface area contributed by atoms with Gasteiger partial charge < -0.3 is 9.84 Å². The van der Waals surface area contributed by atoms with Gasteiger partial charge in [-0.1, -0.05) is 40.2 Å². The van der Waals surface area contributed by atoms with Crippen LogP contribution >= 0.6 is 47.8 Å². The molecule has 1 heterocycles. The highest BCUT2D eigenvalue weighted by Crippen LogP contribution is 2.58. The third-order valence-electron chi connectivity index (χ3n) is 3.88. The van der Waals surface area contributed by atoms with Crippen LogP contribution in [0.15, 0.2) is 33.2 Å². The average Bonchev–Trinajstić information content (AvgIpc) is 3.20. The summed E-state index contributed by atoms with van der Waals surface area (Å²) in [7, 11) is 0. The summed E-state index contributed by atoms with van der Waals surface area (Å²) in [6, 6.07) is 8.15. The summed E-state index contributed by atoms with van der Waals surface area (Å²) in [5, 5.41) is 12.8. The Morgan fingerprint density at radius 1 is 1.00 bits per heavy atom. The predicted molar refractivity (Wildman–Crippen MR) is 84.6 cm³/mol. The maximum Gasteiger partial charge on any atom is 0.112 e. The lowest BCUT2D eigenvalue weighted by atomic mass is 9.87. The van der Waals surface area contributed by atoms with Crippen molar-refractivity contribution in [3.8, 4) is 0 Å². The fraction of sp³-hybridized carbons (Fsp3) is 0.286. The highest BCUT2D eigenvalue weighted by molar-refractivity contribution is 9.11. The molecule has 4 atom stereocenters. The van der Waals surface area contributed by atoms with Crippen molar-refractivity contribution in [1.29, 1.82) is 0 Å². The lowest BCUT2D eigenvalue weighted by molar-refractivity contribution is 0.162. The number of benzene rings is 2. The van der Waals surface area contributed by atoms with Crippen molar-refractivity contribution < 1.29 is 9.84 Å². The highest BCUT2D eigenvalue weighted by Gasteiger charge is 2.55. The van der Waals surface area contributed by atoms with Crippen LogP contribution in [-0.4, -0.2) is 16.0 Å². The summed E-state index contributed by atoms with van der Waals surface area (Å²) in [5.74, 6) is 0. The quantitative estimate of drug-likeness (QED) is 0.471. The Morgan fingerprint density at radius 2 is 1.58 bits per heavy atom. The van der Waals surface area contributed by atoms with Crippen LogP contribution in [0.4, 0.5) is 0 Å².